The van der Waals surface area contributed by atoms with Crippen molar-refractivity contribution in [2.24, 2.45) is 0 Å². The number of hydrogen-bond donors (Lipinski definition) is 0. The lowest BCUT2D eigenvalue weighted by atomic mass is 9.79. The molecular formula is C60H42N6O12. The summed E-state index contributed by atoms with van der Waals surface area (Å²) in [6, 6.07) is 11.3. The summed E-state index contributed by atoms with van der Waals surface area (Å²) in [5.74, 6) is -8.74. The highest BCUT2D eigenvalue weighted by atomic mass is 16.2. The Hall–Kier alpha value is -9.06. The summed E-state index contributed by atoms with van der Waals surface area (Å²) >= 11 is 0. The molecule has 0 spiro atoms. The number of hydrogen-bond acceptors (Lipinski definition) is 12. The first-order valence-corrected chi connectivity index (χ1v) is 26.8. The lowest BCUT2D eigenvalue weighted by molar-refractivity contribution is 0.0234. The van der Waals surface area contributed by atoms with Gasteiger partial charge in [-0.15, -0.1) is 0 Å². The van der Waals surface area contributed by atoms with E-state index in [1.807, 2.05) is 0 Å². The molecule has 18 heteroatoms. The van der Waals surface area contributed by atoms with E-state index in [1.54, 1.807) is 0 Å². The van der Waals surface area contributed by atoms with Crippen molar-refractivity contribution < 1.29 is 57.5 Å². The van der Waals surface area contributed by atoms with Crippen LogP contribution in [0.25, 0.3) is 32.3 Å². The summed E-state index contributed by atoms with van der Waals surface area (Å²) < 4.78 is 0. The smallest absolute Gasteiger partial charge is 0.261 e. The second kappa shape index (κ2) is 15.3. The Morgan fingerprint density at radius 3 is 0.397 bits per heavy atom. The first-order chi connectivity index (χ1) is 37.8. The van der Waals surface area contributed by atoms with E-state index in [4.69, 9.17) is 0 Å². The predicted octanol–water partition coefficient (Wildman–Crippen LogP) is 7.07. The van der Waals surface area contributed by atoms with Gasteiger partial charge >= 0.3 is 0 Å². The van der Waals surface area contributed by atoms with Gasteiger partial charge in [0, 0.05) is 99.1 Å². The number of amides is 12. The Kier molecular flexibility index (Phi) is 8.87. The summed E-state index contributed by atoms with van der Waals surface area (Å²) in [6.07, 6.45) is 4.74. The fourth-order valence-corrected chi connectivity index (χ4v) is 15.6. The van der Waals surface area contributed by atoms with Crippen molar-refractivity contribution in [3.8, 4) is 0 Å². The van der Waals surface area contributed by atoms with Crippen molar-refractivity contribution in [2.45, 2.75) is 113 Å². The van der Waals surface area contributed by atoms with Gasteiger partial charge in [-0.25, -0.2) is 0 Å². The summed E-state index contributed by atoms with van der Waals surface area (Å²) in [4.78, 5) is 187. The normalized spacial score (nSPS) is 26.0. The second-order valence-corrected chi connectivity index (χ2v) is 22.4. The van der Waals surface area contributed by atoms with Crippen molar-refractivity contribution >= 4 is 103 Å². The number of imide groups is 6. The maximum absolute atomic E-state index is 15.1. The molecule has 2 unspecified atom stereocenters. The predicted molar refractivity (Wildman–Crippen MR) is 273 cm³/mol. The van der Waals surface area contributed by atoms with Crippen LogP contribution in [-0.2, 0) is 0 Å². The van der Waals surface area contributed by atoms with Gasteiger partial charge in [-0.05, 0) is 111 Å². The van der Waals surface area contributed by atoms with Gasteiger partial charge in [0.05, 0.1) is 36.3 Å². The molecule has 24 bridgehead atoms. The van der Waals surface area contributed by atoms with Gasteiger partial charge in [0.25, 0.3) is 70.9 Å². The molecule has 3 aliphatic carbocycles. The SMILES string of the molecule is O=C1c2ccc3c4c5ccc(c24)C(=O)N1C1CCCC[C@H]1N1C(=O)c2ccc4c6c(ccc(c26)C1=O)C(=O)N(C4=O)[C@@H]1CCCC[C@H]1N1C(=O)c2ccc4c6c(ccc(c26)C1=O)C(=O)N(C4=O)C1CCCC[C@H]1N(C3=O)C5=O. The number of rotatable bonds is 0. The van der Waals surface area contributed by atoms with Crippen molar-refractivity contribution in [1.82, 2.24) is 29.4 Å². The molecule has 24 aliphatic heterocycles. The lowest BCUT2D eigenvalue weighted by Gasteiger charge is -2.47. The third-order valence-corrected chi connectivity index (χ3v) is 18.9. The number of nitrogens with zero attached hydrogens (tertiary/aromatic N) is 6. The number of benzene rings is 6. The van der Waals surface area contributed by atoms with Gasteiger partial charge in [0.2, 0.25) is 0 Å². The third-order valence-electron chi connectivity index (χ3n) is 18.9. The van der Waals surface area contributed by atoms with Crippen LogP contribution in [-0.4, -0.2) is 137 Å². The quantitative estimate of drug-likeness (QED) is 0.139. The first kappa shape index (κ1) is 45.2. The van der Waals surface area contributed by atoms with Crippen molar-refractivity contribution in [1.29, 1.82) is 0 Å². The second-order valence-electron chi connectivity index (χ2n) is 22.4. The highest BCUT2D eigenvalue weighted by molar-refractivity contribution is 6.37. The minimum absolute atomic E-state index is 0.0436. The molecule has 0 radical (unpaired) electrons. The Bertz CT molecular complexity index is 3250. The van der Waals surface area contributed by atoms with E-state index < -0.39 is 107 Å². The van der Waals surface area contributed by atoms with Crippen molar-refractivity contribution in [3.05, 3.63) is 140 Å². The van der Waals surface area contributed by atoms with E-state index in [0.717, 1.165) is 29.4 Å². The summed E-state index contributed by atoms with van der Waals surface area (Å²) in [5, 5.41) is 0.685. The third kappa shape index (κ3) is 5.32. The molecule has 18 nitrogen and oxygen atoms in total. The van der Waals surface area contributed by atoms with Crippen LogP contribution in [0.5, 0.6) is 0 Å². The zero-order valence-corrected chi connectivity index (χ0v) is 41.5. The standard InChI is InChI=1S/C60H42N6O12/c67-49-25-13-15-29-45-30-16-14-26(43(25)45)50(68)61(49)37-7-1-2-8-38(37)62-51(69)27-17-19-31-46-32(20-18-28(44(27)46)52(62)70)56(74)64(55(31)73)41-11-5-6-12-42(41)66-59(77)35-23-21-33-47-34(22-24-36(48(35)47)60(66)78)58(76)65(57(33)75)40-10-4-3-9-39(40)63(53(29)71)54(30)72/h13-24,37-42H,1-12H2/t37-,38-,39-,40?,41?,42-/m1/s1. The largest absolute Gasteiger partial charge is 0.269 e. The molecule has 384 valence electrons. The molecular weight excluding hydrogens is 997 g/mol. The fourth-order valence-electron chi connectivity index (χ4n) is 15.6. The van der Waals surface area contributed by atoms with E-state index in [2.05, 4.69) is 0 Å². The van der Waals surface area contributed by atoms with Crippen LogP contribution in [0.15, 0.2) is 72.8 Å². The van der Waals surface area contributed by atoms with Gasteiger partial charge in [-0.2, -0.15) is 0 Å². The molecule has 24 heterocycles. The highest BCUT2D eigenvalue weighted by Gasteiger charge is 2.54. The van der Waals surface area contributed by atoms with Crippen molar-refractivity contribution in [3.63, 3.8) is 0 Å². The molecule has 12 amide bonds. The van der Waals surface area contributed by atoms with Crippen LogP contribution in [0.3, 0.4) is 0 Å². The molecule has 0 saturated heterocycles. The van der Waals surface area contributed by atoms with Crippen LogP contribution in [0, 0.1) is 0 Å². The van der Waals surface area contributed by atoms with E-state index in [1.165, 1.54) is 72.8 Å². The van der Waals surface area contributed by atoms with Gasteiger partial charge < -0.3 is 0 Å². The topological polar surface area (TPSA) is 224 Å². The maximum Gasteiger partial charge on any atom is 0.261 e. The molecule has 6 aromatic carbocycles. The average Bonchev–Trinajstić information content (AvgIpc) is 3.48. The molecule has 3 fully saturated rings. The van der Waals surface area contributed by atoms with Gasteiger partial charge in [-0.1, -0.05) is 38.5 Å². The summed E-state index contributed by atoms with van der Waals surface area (Å²) in [5.41, 5.74) is 0.523. The van der Waals surface area contributed by atoms with Crippen LogP contribution in [0.2, 0.25) is 0 Å². The summed E-state index contributed by atoms with van der Waals surface area (Å²) in [7, 11) is 0. The first-order valence-electron chi connectivity index (χ1n) is 26.8. The van der Waals surface area contributed by atoms with E-state index in [9.17, 15) is 0 Å². The summed E-state index contributed by atoms with van der Waals surface area (Å²) in [6.45, 7) is 0. The minimum Gasteiger partial charge on any atom is -0.269 e. The highest BCUT2D eigenvalue weighted by Crippen LogP contribution is 2.48. The maximum atomic E-state index is 15.1. The number of carbonyl (C=O) groups excluding carboxylic acids is 12. The molecule has 0 aromatic heterocycles. The van der Waals surface area contributed by atoms with Gasteiger partial charge in [0.15, 0.2) is 0 Å². The Morgan fingerprint density at radius 2 is 0.295 bits per heavy atom. The fraction of sp³-hybridized carbons (Fsp3) is 0.300. The Labute approximate surface area is 441 Å². The average molecular weight is 1040 g/mol. The minimum atomic E-state index is -0.999. The number of carbonyl (C=O) groups is 12. The molecule has 27 aliphatic rings. The van der Waals surface area contributed by atoms with E-state index in [0.29, 0.717) is 38.5 Å². The zero-order chi connectivity index (χ0) is 53.2. The molecule has 3 saturated carbocycles. The monoisotopic (exact) mass is 1040 g/mol. The molecule has 0 N–H and O–H groups in total. The molecule has 78 heavy (non-hydrogen) atoms. The van der Waals surface area contributed by atoms with E-state index >= 15 is 57.5 Å². The lowest BCUT2D eigenvalue weighted by Crippen LogP contribution is -2.62. The van der Waals surface area contributed by atoms with Gasteiger partial charge in [0.1, 0.15) is 0 Å². The van der Waals surface area contributed by atoms with Crippen LogP contribution in [0.1, 0.15) is 201 Å². The van der Waals surface area contributed by atoms with Gasteiger partial charge in [-0.3, -0.25) is 86.9 Å². The zero-order valence-electron chi connectivity index (χ0n) is 41.5. The molecule has 6 aromatic rings. The molecule has 6 atom stereocenters. The van der Waals surface area contributed by atoms with Crippen LogP contribution >= 0.6 is 0 Å². The molecule has 33 rings (SSSR count). The van der Waals surface area contributed by atoms with Crippen LogP contribution < -0.4 is 0 Å². The van der Waals surface area contributed by atoms with Crippen molar-refractivity contribution in [2.75, 3.05) is 0 Å². The Balaban J connectivity index is 0.894. The van der Waals surface area contributed by atoms with Crippen LogP contribution in [0.4, 0.5) is 0 Å². The Morgan fingerprint density at radius 1 is 0.192 bits per heavy atom. The van der Waals surface area contributed by atoms with E-state index in [-0.39, 0.29) is 138 Å².